The Kier molecular flexibility index (Phi) is 5.82. The number of hydrogen-bond donors (Lipinski definition) is 3. The fourth-order valence-electron chi connectivity index (χ4n) is 4.07. The summed E-state index contributed by atoms with van der Waals surface area (Å²) in [5, 5.41) is 4.54. The van der Waals surface area contributed by atoms with E-state index in [0.29, 0.717) is 23.6 Å². The number of H-pyrrole nitrogens is 1. The van der Waals surface area contributed by atoms with E-state index >= 15 is 0 Å². The predicted molar refractivity (Wildman–Crippen MR) is 132 cm³/mol. The summed E-state index contributed by atoms with van der Waals surface area (Å²) in [7, 11) is 0. The number of aromatic nitrogens is 2. The molecule has 34 heavy (non-hydrogen) atoms. The van der Waals surface area contributed by atoms with Gasteiger partial charge in [0.15, 0.2) is 0 Å². The second kappa shape index (κ2) is 9.23. The number of carbonyl (C=O) groups is 2. The van der Waals surface area contributed by atoms with Crippen LogP contribution in [0.15, 0.2) is 90.6 Å². The summed E-state index contributed by atoms with van der Waals surface area (Å²) in [6.07, 6.45) is 2.33. The van der Waals surface area contributed by atoms with Crippen molar-refractivity contribution in [2.75, 3.05) is 5.01 Å². The number of fused-ring (bicyclic) bond motifs is 1. The maximum Gasteiger partial charge on any atom is 0.269 e. The molecule has 5 rings (SSSR count). The molecule has 0 radical (unpaired) electrons. The van der Waals surface area contributed by atoms with Gasteiger partial charge in [0.05, 0.1) is 22.8 Å². The Bertz CT molecular complexity index is 1340. The Morgan fingerprint density at radius 1 is 1.06 bits per heavy atom. The molecule has 7 heteroatoms. The van der Waals surface area contributed by atoms with Crippen LogP contribution in [-0.2, 0) is 16.0 Å². The van der Waals surface area contributed by atoms with Crippen molar-refractivity contribution in [2.45, 2.75) is 25.8 Å². The molecule has 3 N–H and O–H groups in total. The maximum atomic E-state index is 13.3. The molecule has 170 valence electrons. The van der Waals surface area contributed by atoms with Gasteiger partial charge in [-0.25, -0.2) is 9.99 Å². The number of amides is 2. The van der Waals surface area contributed by atoms with Crippen LogP contribution in [0.4, 0.5) is 5.69 Å². The first-order valence-corrected chi connectivity index (χ1v) is 11.2. The summed E-state index contributed by atoms with van der Waals surface area (Å²) < 4.78 is 0. The first-order valence-electron chi connectivity index (χ1n) is 11.2. The van der Waals surface area contributed by atoms with E-state index in [1.165, 1.54) is 5.01 Å². The minimum Gasteiger partial charge on any atom is -0.340 e. The molecule has 1 atom stereocenters. The van der Waals surface area contributed by atoms with Gasteiger partial charge in [0.25, 0.3) is 5.91 Å². The van der Waals surface area contributed by atoms with E-state index in [1.807, 2.05) is 85.8 Å². The smallest absolute Gasteiger partial charge is 0.269 e. The summed E-state index contributed by atoms with van der Waals surface area (Å²) >= 11 is 0. The topological polar surface area (TPSA) is 90.1 Å². The van der Waals surface area contributed by atoms with Crippen LogP contribution in [-0.4, -0.2) is 21.8 Å². The van der Waals surface area contributed by atoms with Crippen LogP contribution in [0.3, 0.4) is 0 Å². The van der Waals surface area contributed by atoms with Crippen LogP contribution in [0, 0.1) is 6.92 Å². The molecule has 0 aliphatic carbocycles. The van der Waals surface area contributed by atoms with E-state index in [9.17, 15) is 9.59 Å². The number of anilines is 1. The Hall–Kier alpha value is -4.39. The zero-order valence-corrected chi connectivity index (χ0v) is 18.8. The number of hydrazine groups is 1. The minimum absolute atomic E-state index is 0.125. The molecule has 2 amide bonds. The Morgan fingerprint density at radius 2 is 1.85 bits per heavy atom. The standard InChI is InChI=1S/C27H25N5O2/c1-18-8-7-11-20(16-18)32-25(33)15-14-23(31-32)27(34)30-24(17-19-9-3-2-4-10-19)26-28-21-12-5-6-13-22(21)29-26/h2-14,16,24,31H,15,17H2,1H3,(H,28,29)(H,30,34)/t24-/m0/s1. The molecule has 0 bridgehead atoms. The number of carbonyl (C=O) groups excluding carboxylic acids is 2. The quantitative estimate of drug-likeness (QED) is 0.412. The second-order valence-corrected chi connectivity index (χ2v) is 8.36. The Balaban J connectivity index is 1.40. The summed E-state index contributed by atoms with van der Waals surface area (Å²) in [6.45, 7) is 1.96. The number of rotatable bonds is 6. The fraction of sp³-hybridized carbons (Fsp3) is 0.148. The lowest BCUT2D eigenvalue weighted by atomic mass is 10.1. The van der Waals surface area contributed by atoms with Crippen molar-refractivity contribution in [1.29, 1.82) is 0 Å². The molecule has 0 saturated carbocycles. The molecule has 0 spiro atoms. The van der Waals surface area contributed by atoms with Crippen molar-refractivity contribution in [1.82, 2.24) is 20.7 Å². The van der Waals surface area contributed by atoms with Crippen LogP contribution < -0.4 is 15.8 Å². The third-order valence-electron chi connectivity index (χ3n) is 5.79. The monoisotopic (exact) mass is 451 g/mol. The van der Waals surface area contributed by atoms with Crippen molar-refractivity contribution in [3.05, 3.63) is 108 Å². The SMILES string of the molecule is Cc1cccc(N2NC(C(=O)N[C@@H](Cc3ccccc3)c3nc4ccccc4[nH]3)=CCC2=O)c1. The molecular formula is C27H25N5O2. The molecule has 4 aromatic rings. The molecule has 3 aromatic carbocycles. The molecule has 7 nitrogen and oxygen atoms in total. The maximum absolute atomic E-state index is 13.3. The lowest BCUT2D eigenvalue weighted by Gasteiger charge is -2.29. The van der Waals surface area contributed by atoms with Gasteiger partial charge in [0.1, 0.15) is 11.5 Å². The zero-order valence-electron chi connectivity index (χ0n) is 18.8. The molecule has 0 saturated heterocycles. The van der Waals surface area contributed by atoms with Gasteiger partial charge in [-0.3, -0.25) is 15.0 Å². The first-order chi connectivity index (χ1) is 16.6. The molecule has 0 unspecified atom stereocenters. The first kappa shape index (κ1) is 21.5. The van der Waals surface area contributed by atoms with Gasteiger partial charge in [0, 0.05) is 6.42 Å². The summed E-state index contributed by atoms with van der Waals surface area (Å²) in [5.74, 6) is 0.258. The van der Waals surface area contributed by atoms with Gasteiger partial charge in [-0.15, -0.1) is 0 Å². The van der Waals surface area contributed by atoms with Crippen molar-refractivity contribution < 1.29 is 9.59 Å². The van der Waals surface area contributed by atoms with Crippen molar-refractivity contribution in [3.8, 4) is 0 Å². The van der Waals surface area contributed by atoms with E-state index < -0.39 is 0 Å². The van der Waals surface area contributed by atoms with E-state index in [-0.39, 0.29) is 24.3 Å². The lowest BCUT2D eigenvalue weighted by Crippen LogP contribution is -2.49. The zero-order chi connectivity index (χ0) is 23.5. The normalized spacial score (nSPS) is 14.4. The largest absolute Gasteiger partial charge is 0.340 e. The third kappa shape index (κ3) is 4.54. The fourth-order valence-corrected chi connectivity index (χ4v) is 4.07. The predicted octanol–water partition coefficient (Wildman–Crippen LogP) is 4.10. The van der Waals surface area contributed by atoms with Crippen LogP contribution in [0.25, 0.3) is 11.0 Å². The summed E-state index contributed by atoms with van der Waals surface area (Å²) in [5.41, 5.74) is 7.88. The van der Waals surface area contributed by atoms with Gasteiger partial charge >= 0.3 is 0 Å². The number of hydrogen-bond acceptors (Lipinski definition) is 4. The van der Waals surface area contributed by atoms with Gasteiger partial charge in [-0.05, 0) is 54.8 Å². The van der Waals surface area contributed by atoms with Crippen molar-refractivity contribution >= 4 is 28.5 Å². The lowest BCUT2D eigenvalue weighted by molar-refractivity contribution is -0.120. The molecule has 1 aliphatic heterocycles. The Labute approximate surface area is 197 Å². The van der Waals surface area contributed by atoms with Gasteiger partial charge in [-0.1, -0.05) is 54.6 Å². The molecule has 1 aromatic heterocycles. The van der Waals surface area contributed by atoms with E-state index in [0.717, 1.165) is 22.2 Å². The van der Waals surface area contributed by atoms with Gasteiger partial charge in [-0.2, -0.15) is 0 Å². The van der Waals surface area contributed by atoms with Gasteiger partial charge < -0.3 is 10.3 Å². The number of aromatic amines is 1. The number of para-hydroxylation sites is 2. The van der Waals surface area contributed by atoms with Crippen LogP contribution >= 0.6 is 0 Å². The highest BCUT2D eigenvalue weighted by Crippen LogP contribution is 2.22. The van der Waals surface area contributed by atoms with Gasteiger partial charge in [0.2, 0.25) is 5.91 Å². The van der Waals surface area contributed by atoms with Crippen molar-refractivity contribution in [3.63, 3.8) is 0 Å². The Morgan fingerprint density at radius 3 is 2.65 bits per heavy atom. The van der Waals surface area contributed by atoms with Crippen LogP contribution in [0.1, 0.15) is 29.4 Å². The molecule has 1 aliphatic rings. The number of aryl methyl sites for hydroxylation is 1. The average molecular weight is 452 g/mol. The second-order valence-electron chi connectivity index (χ2n) is 8.36. The highest BCUT2D eigenvalue weighted by molar-refractivity contribution is 6.01. The van der Waals surface area contributed by atoms with Crippen molar-refractivity contribution in [2.24, 2.45) is 0 Å². The molecular weight excluding hydrogens is 426 g/mol. The van der Waals surface area contributed by atoms with E-state index in [4.69, 9.17) is 4.98 Å². The van der Waals surface area contributed by atoms with Crippen LogP contribution in [0.2, 0.25) is 0 Å². The summed E-state index contributed by atoms with van der Waals surface area (Å²) in [6, 6.07) is 25.0. The highest BCUT2D eigenvalue weighted by Gasteiger charge is 2.27. The number of nitrogens with zero attached hydrogens (tertiary/aromatic N) is 2. The number of benzene rings is 3. The minimum atomic E-state index is -0.380. The highest BCUT2D eigenvalue weighted by atomic mass is 16.2. The van der Waals surface area contributed by atoms with E-state index in [2.05, 4.69) is 15.7 Å². The molecule has 2 heterocycles. The van der Waals surface area contributed by atoms with E-state index in [1.54, 1.807) is 6.08 Å². The molecule has 0 fully saturated rings. The third-order valence-corrected chi connectivity index (χ3v) is 5.79. The van der Waals surface area contributed by atoms with Crippen LogP contribution in [0.5, 0.6) is 0 Å². The number of imidazole rings is 1. The number of nitrogens with one attached hydrogen (secondary N) is 3. The summed E-state index contributed by atoms with van der Waals surface area (Å²) in [4.78, 5) is 33.9. The average Bonchev–Trinajstić information content (AvgIpc) is 3.29.